The summed E-state index contributed by atoms with van der Waals surface area (Å²) in [7, 11) is 1.80. The third-order valence-corrected chi connectivity index (χ3v) is 2.46. The Hall–Kier alpha value is -1.52. The van der Waals surface area contributed by atoms with E-state index >= 15 is 0 Å². The fraction of sp³-hybridized carbons (Fsp3) is 0.667. The Kier molecular flexibility index (Phi) is 6.86. The summed E-state index contributed by atoms with van der Waals surface area (Å²) in [5, 5.41) is 10.7. The molecule has 1 rings (SSSR count). The fourth-order valence-corrected chi connectivity index (χ4v) is 1.48. The van der Waals surface area contributed by atoms with Crippen LogP contribution in [0.3, 0.4) is 0 Å². The minimum Gasteiger partial charge on any atom is -0.356 e. The highest BCUT2D eigenvalue weighted by Crippen LogP contribution is 1.88. The number of aliphatic imine (C=N–C) groups is 1. The molecule has 0 bridgehead atoms. The third-order valence-electron chi connectivity index (χ3n) is 2.46. The molecule has 5 heteroatoms. The van der Waals surface area contributed by atoms with Gasteiger partial charge in [0.05, 0.1) is 0 Å². The first-order chi connectivity index (χ1) is 8.36. The summed E-state index contributed by atoms with van der Waals surface area (Å²) in [6.45, 7) is 5.01. The molecule has 0 unspecified atom stereocenters. The summed E-state index contributed by atoms with van der Waals surface area (Å²) in [6, 6.07) is 1.94. The van der Waals surface area contributed by atoms with Crippen LogP contribution in [0.2, 0.25) is 0 Å². The van der Waals surface area contributed by atoms with Crippen molar-refractivity contribution in [2.24, 2.45) is 4.99 Å². The Balaban J connectivity index is 2.07. The minimum atomic E-state index is 0.888. The van der Waals surface area contributed by atoms with E-state index in [-0.39, 0.29) is 0 Å². The SMILES string of the molecule is CCCCNC(=NC)NCCCn1cccn1. The van der Waals surface area contributed by atoms with E-state index in [4.69, 9.17) is 0 Å². The van der Waals surface area contributed by atoms with Crippen LogP contribution in [0.25, 0.3) is 0 Å². The quantitative estimate of drug-likeness (QED) is 0.426. The van der Waals surface area contributed by atoms with E-state index in [0.717, 1.165) is 32.0 Å². The van der Waals surface area contributed by atoms with Crippen LogP contribution in [0.5, 0.6) is 0 Å². The van der Waals surface area contributed by atoms with Gasteiger partial charge in [-0.25, -0.2) is 0 Å². The molecule has 17 heavy (non-hydrogen) atoms. The number of hydrogen-bond donors (Lipinski definition) is 2. The summed E-state index contributed by atoms with van der Waals surface area (Å²) >= 11 is 0. The lowest BCUT2D eigenvalue weighted by Gasteiger charge is -2.11. The standard InChI is InChI=1S/C12H23N5/c1-3-4-7-14-12(13-2)15-8-5-10-17-11-6-9-16-17/h6,9,11H,3-5,7-8,10H2,1-2H3,(H2,13,14,15). The van der Waals surface area contributed by atoms with E-state index in [0.29, 0.717) is 0 Å². The number of hydrogen-bond acceptors (Lipinski definition) is 2. The Bertz CT molecular complexity index is 305. The van der Waals surface area contributed by atoms with Gasteiger partial charge in [0.1, 0.15) is 0 Å². The lowest BCUT2D eigenvalue weighted by molar-refractivity contribution is 0.570. The summed E-state index contributed by atoms with van der Waals surface area (Å²) in [4.78, 5) is 4.17. The second kappa shape index (κ2) is 8.61. The van der Waals surface area contributed by atoms with Gasteiger partial charge < -0.3 is 10.6 Å². The van der Waals surface area contributed by atoms with Crippen molar-refractivity contribution in [1.29, 1.82) is 0 Å². The van der Waals surface area contributed by atoms with Gasteiger partial charge in [-0.15, -0.1) is 0 Å². The van der Waals surface area contributed by atoms with Gasteiger partial charge in [0.25, 0.3) is 0 Å². The maximum absolute atomic E-state index is 4.17. The van der Waals surface area contributed by atoms with Crippen LogP contribution in [0.1, 0.15) is 26.2 Å². The van der Waals surface area contributed by atoms with E-state index < -0.39 is 0 Å². The second-order valence-corrected chi connectivity index (χ2v) is 3.90. The van der Waals surface area contributed by atoms with Gasteiger partial charge in [-0.2, -0.15) is 5.10 Å². The maximum atomic E-state index is 4.17. The molecule has 0 aromatic carbocycles. The van der Waals surface area contributed by atoms with Crippen LogP contribution in [-0.4, -0.2) is 35.9 Å². The smallest absolute Gasteiger partial charge is 0.190 e. The Morgan fingerprint density at radius 2 is 2.06 bits per heavy atom. The van der Waals surface area contributed by atoms with Crippen molar-refractivity contribution in [3.63, 3.8) is 0 Å². The zero-order valence-electron chi connectivity index (χ0n) is 10.8. The zero-order chi connectivity index (χ0) is 12.3. The normalized spacial score (nSPS) is 11.5. The molecule has 1 aromatic heterocycles. The molecule has 0 saturated heterocycles. The monoisotopic (exact) mass is 237 g/mol. The lowest BCUT2D eigenvalue weighted by Crippen LogP contribution is -2.38. The van der Waals surface area contributed by atoms with Crippen molar-refractivity contribution in [2.75, 3.05) is 20.1 Å². The van der Waals surface area contributed by atoms with Crippen molar-refractivity contribution in [2.45, 2.75) is 32.7 Å². The van der Waals surface area contributed by atoms with E-state index in [1.165, 1.54) is 12.8 Å². The highest BCUT2D eigenvalue weighted by atomic mass is 15.3. The summed E-state index contributed by atoms with van der Waals surface area (Å²) in [6.07, 6.45) is 7.19. The number of aryl methyl sites for hydroxylation is 1. The van der Waals surface area contributed by atoms with Gasteiger partial charge in [-0.05, 0) is 18.9 Å². The van der Waals surface area contributed by atoms with Crippen LogP contribution < -0.4 is 10.6 Å². The molecule has 96 valence electrons. The number of unbranched alkanes of at least 4 members (excludes halogenated alkanes) is 1. The minimum absolute atomic E-state index is 0.888. The highest BCUT2D eigenvalue weighted by Gasteiger charge is 1.96. The van der Waals surface area contributed by atoms with E-state index in [1.807, 2.05) is 16.9 Å². The van der Waals surface area contributed by atoms with Crippen LogP contribution in [-0.2, 0) is 6.54 Å². The first kappa shape index (κ1) is 13.5. The number of nitrogens with one attached hydrogen (secondary N) is 2. The van der Waals surface area contributed by atoms with E-state index in [1.54, 1.807) is 13.2 Å². The largest absolute Gasteiger partial charge is 0.356 e. The Labute approximate surface area is 103 Å². The molecule has 1 aromatic rings. The molecule has 0 amide bonds. The van der Waals surface area contributed by atoms with Gasteiger partial charge in [0.2, 0.25) is 0 Å². The van der Waals surface area contributed by atoms with E-state index in [9.17, 15) is 0 Å². The molecule has 5 nitrogen and oxygen atoms in total. The van der Waals surface area contributed by atoms with Crippen molar-refractivity contribution >= 4 is 5.96 Å². The van der Waals surface area contributed by atoms with Gasteiger partial charge in [-0.3, -0.25) is 9.67 Å². The summed E-state index contributed by atoms with van der Waals surface area (Å²) < 4.78 is 1.94. The van der Waals surface area contributed by atoms with Crippen molar-refractivity contribution in [3.8, 4) is 0 Å². The highest BCUT2D eigenvalue weighted by molar-refractivity contribution is 5.79. The summed E-state index contributed by atoms with van der Waals surface area (Å²) in [5.74, 6) is 0.888. The molecule has 0 fully saturated rings. The molecule has 0 saturated carbocycles. The van der Waals surface area contributed by atoms with Gasteiger partial charge in [0, 0.05) is 39.1 Å². The third kappa shape index (κ3) is 5.94. The van der Waals surface area contributed by atoms with Crippen LogP contribution in [0, 0.1) is 0 Å². The van der Waals surface area contributed by atoms with Crippen LogP contribution >= 0.6 is 0 Å². The average Bonchev–Trinajstić information content (AvgIpc) is 2.85. The van der Waals surface area contributed by atoms with Gasteiger partial charge in [-0.1, -0.05) is 13.3 Å². The maximum Gasteiger partial charge on any atom is 0.190 e. The van der Waals surface area contributed by atoms with Crippen LogP contribution in [0.4, 0.5) is 0 Å². The molecule has 0 aliphatic rings. The molecule has 0 atom stereocenters. The number of nitrogens with zero attached hydrogens (tertiary/aromatic N) is 3. The second-order valence-electron chi connectivity index (χ2n) is 3.90. The first-order valence-electron chi connectivity index (χ1n) is 6.28. The first-order valence-corrected chi connectivity index (χ1v) is 6.28. The number of aromatic nitrogens is 2. The topological polar surface area (TPSA) is 54.2 Å². The zero-order valence-corrected chi connectivity index (χ0v) is 10.8. The molecule has 0 radical (unpaired) electrons. The Morgan fingerprint density at radius 3 is 2.65 bits per heavy atom. The molecule has 2 N–H and O–H groups in total. The lowest BCUT2D eigenvalue weighted by atomic mass is 10.3. The predicted octanol–water partition coefficient (Wildman–Crippen LogP) is 1.24. The number of guanidine groups is 1. The predicted molar refractivity (Wildman–Crippen MR) is 71.1 cm³/mol. The molecular formula is C12H23N5. The molecular weight excluding hydrogens is 214 g/mol. The Morgan fingerprint density at radius 1 is 1.29 bits per heavy atom. The molecule has 0 spiro atoms. The fourth-order valence-electron chi connectivity index (χ4n) is 1.48. The van der Waals surface area contributed by atoms with Gasteiger partial charge in [0.15, 0.2) is 5.96 Å². The molecule has 1 heterocycles. The van der Waals surface area contributed by atoms with Crippen molar-refractivity contribution < 1.29 is 0 Å². The van der Waals surface area contributed by atoms with Crippen molar-refractivity contribution in [3.05, 3.63) is 18.5 Å². The van der Waals surface area contributed by atoms with Crippen molar-refractivity contribution in [1.82, 2.24) is 20.4 Å². The molecule has 0 aliphatic carbocycles. The van der Waals surface area contributed by atoms with Gasteiger partial charge >= 0.3 is 0 Å². The number of rotatable bonds is 7. The summed E-state index contributed by atoms with van der Waals surface area (Å²) in [5.41, 5.74) is 0. The van der Waals surface area contributed by atoms with Crippen LogP contribution in [0.15, 0.2) is 23.5 Å². The van der Waals surface area contributed by atoms with E-state index in [2.05, 4.69) is 27.6 Å². The molecule has 0 aliphatic heterocycles. The average molecular weight is 237 g/mol.